The number of rotatable bonds is 9. The number of pyridine rings is 2. The quantitative estimate of drug-likeness (QED) is 0.348. The molecule has 3 aromatic rings. The van der Waals surface area contributed by atoms with Crippen LogP contribution in [0.4, 0.5) is 24.7 Å². The van der Waals surface area contributed by atoms with Gasteiger partial charge in [0.25, 0.3) is 5.91 Å². The van der Waals surface area contributed by atoms with Crippen LogP contribution in [0.1, 0.15) is 15.9 Å². The summed E-state index contributed by atoms with van der Waals surface area (Å²) in [5.74, 6) is -0.0687. The summed E-state index contributed by atoms with van der Waals surface area (Å²) in [5.41, 5.74) is 1.49. The minimum Gasteiger partial charge on any atom is -0.406 e. The van der Waals surface area contributed by atoms with Crippen molar-refractivity contribution in [3.63, 3.8) is 0 Å². The Morgan fingerprint density at radius 3 is 2.53 bits per heavy atom. The van der Waals surface area contributed by atoms with E-state index in [0.717, 1.165) is 43.9 Å². The smallest absolute Gasteiger partial charge is 0.406 e. The highest BCUT2D eigenvalue weighted by molar-refractivity contribution is 7.98. The molecule has 1 saturated heterocycles. The summed E-state index contributed by atoms with van der Waals surface area (Å²) in [6.45, 7) is 3.64. The molecule has 200 valence electrons. The van der Waals surface area contributed by atoms with E-state index in [9.17, 15) is 22.8 Å². The predicted molar refractivity (Wildman–Crippen MR) is 137 cm³/mol. The predicted octanol–water partition coefficient (Wildman–Crippen LogP) is 3.76. The van der Waals surface area contributed by atoms with Crippen molar-refractivity contribution in [2.24, 2.45) is 0 Å². The zero-order valence-electron chi connectivity index (χ0n) is 20.1. The summed E-state index contributed by atoms with van der Waals surface area (Å²) >= 11 is 1.33. The normalized spacial score (nSPS) is 14.1. The fraction of sp³-hybridized carbons (Fsp3) is 0.280. The first-order chi connectivity index (χ1) is 18.2. The van der Waals surface area contributed by atoms with E-state index in [1.807, 2.05) is 6.07 Å². The van der Waals surface area contributed by atoms with Crippen molar-refractivity contribution in [2.45, 2.75) is 17.1 Å². The summed E-state index contributed by atoms with van der Waals surface area (Å²) in [6.07, 6.45) is -1.62. The Morgan fingerprint density at radius 1 is 1.03 bits per heavy atom. The second-order valence-corrected chi connectivity index (χ2v) is 9.26. The monoisotopic (exact) mass is 546 g/mol. The topological polar surface area (TPSA) is 108 Å². The SMILES string of the molecule is O=C(CN1CCNCC1)Nc1cc(CSc2ncccc2C(=O)Nc2ccc(OC(F)(F)F)cc2)ccn1. The summed E-state index contributed by atoms with van der Waals surface area (Å²) < 4.78 is 40.9. The number of halogens is 3. The lowest BCUT2D eigenvalue weighted by Crippen LogP contribution is -2.46. The lowest BCUT2D eigenvalue weighted by Gasteiger charge is -2.26. The van der Waals surface area contributed by atoms with Gasteiger partial charge in [0.15, 0.2) is 0 Å². The van der Waals surface area contributed by atoms with Crippen LogP contribution in [-0.4, -0.2) is 65.8 Å². The molecular formula is C25H25F3N6O3S. The van der Waals surface area contributed by atoms with Crippen LogP contribution in [0, 0.1) is 0 Å². The second kappa shape index (κ2) is 12.7. The zero-order valence-corrected chi connectivity index (χ0v) is 20.9. The van der Waals surface area contributed by atoms with Gasteiger partial charge >= 0.3 is 6.36 Å². The van der Waals surface area contributed by atoms with Gasteiger partial charge in [0, 0.05) is 50.0 Å². The number of benzene rings is 1. The molecule has 3 N–H and O–H groups in total. The fourth-order valence-electron chi connectivity index (χ4n) is 3.66. The van der Waals surface area contributed by atoms with Crippen molar-refractivity contribution >= 4 is 35.1 Å². The van der Waals surface area contributed by atoms with Crippen LogP contribution in [-0.2, 0) is 10.5 Å². The average molecular weight is 547 g/mol. The number of anilines is 2. The van der Waals surface area contributed by atoms with Gasteiger partial charge in [-0.25, -0.2) is 9.97 Å². The molecule has 0 radical (unpaired) electrons. The highest BCUT2D eigenvalue weighted by Crippen LogP contribution is 2.27. The molecule has 0 bridgehead atoms. The molecule has 2 amide bonds. The minimum atomic E-state index is -4.79. The number of piperazine rings is 1. The number of carbonyl (C=O) groups is 2. The van der Waals surface area contributed by atoms with Crippen molar-refractivity contribution in [2.75, 3.05) is 43.4 Å². The molecule has 4 rings (SSSR count). The maximum absolute atomic E-state index is 12.9. The van der Waals surface area contributed by atoms with E-state index in [1.165, 1.54) is 23.9 Å². The molecule has 2 aromatic heterocycles. The Balaban J connectivity index is 1.34. The van der Waals surface area contributed by atoms with Gasteiger partial charge in [-0.15, -0.1) is 24.9 Å². The van der Waals surface area contributed by atoms with Gasteiger partial charge in [-0.05, 0) is 54.1 Å². The molecule has 1 aliphatic heterocycles. The molecule has 3 heterocycles. The van der Waals surface area contributed by atoms with Crippen molar-refractivity contribution in [1.82, 2.24) is 20.2 Å². The number of ether oxygens (including phenoxy) is 1. The van der Waals surface area contributed by atoms with E-state index < -0.39 is 12.3 Å². The standard InChI is InChI=1S/C25H25F3N6O3S/c26-25(27,28)37-19-5-3-18(4-6-19)32-23(36)20-2-1-8-31-24(20)38-16-17-7-9-30-21(14-17)33-22(35)15-34-12-10-29-11-13-34/h1-9,14,29H,10-13,15-16H2,(H,32,36)(H,30,33,35). The first-order valence-corrected chi connectivity index (χ1v) is 12.7. The van der Waals surface area contributed by atoms with Crippen molar-refractivity contribution in [1.29, 1.82) is 0 Å². The molecule has 0 unspecified atom stereocenters. The third kappa shape index (κ3) is 8.43. The molecule has 9 nitrogen and oxygen atoms in total. The van der Waals surface area contributed by atoms with Crippen LogP contribution in [0.3, 0.4) is 0 Å². The Hall–Kier alpha value is -3.68. The second-order valence-electron chi connectivity index (χ2n) is 8.29. The van der Waals surface area contributed by atoms with Crippen molar-refractivity contribution < 1.29 is 27.5 Å². The van der Waals surface area contributed by atoms with Crippen molar-refractivity contribution in [3.05, 3.63) is 72.1 Å². The summed E-state index contributed by atoms with van der Waals surface area (Å²) in [6, 6.07) is 11.7. The molecule has 1 fully saturated rings. The zero-order chi connectivity index (χ0) is 27.0. The van der Waals surface area contributed by atoms with E-state index >= 15 is 0 Å². The van der Waals surface area contributed by atoms with Gasteiger partial charge in [-0.1, -0.05) is 0 Å². The minimum absolute atomic E-state index is 0.133. The Morgan fingerprint density at radius 2 is 1.79 bits per heavy atom. The van der Waals surface area contributed by atoms with Crippen LogP contribution in [0.2, 0.25) is 0 Å². The number of nitrogens with one attached hydrogen (secondary N) is 3. The highest BCUT2D eigenvalue weighted by Gasteiger charge is 2.31. The number of thioether (sulfide) groups is 1. The number of hydrogen-bond acceptors (Lipinski definition) is 8. The first-order valence-electron chi connectivity index (χ1n) is 11.7. The Labute approximate surface area is 221 Å². The van der Waals surface area contributed by atoms with Crippen LogP contribution in [0.25, 0.3) is 0 Å². The molecule has 0 spiro atoms. The molecule has 1 aliphatic rings. The molecule has 0 atom stereocenters. The number of nitrogens with zero attached hydrogens (tertiary/aromatic N) is 3. The van der Waals surface area contributed by atoms with E-state index in [-0.39, 0.29) is 11.7 Å². The van der Waals surface area contributed by atoms with Crippen LogP contribution in [0.5, 0.6) is 5.75 Å². The molecule has 0 saturated carbocycles. The maximum atomic E-state index is 12.9. The number of amides is 2. The third-order valence-electron chi connectivity index (χ3n) is 5.41. The van der Waals surface area contributed by atoms with Crippen LogP contribution in [0.15, 0.2) is 66.0 Å². The fourth-order valence-corrected chi connectivity index (χ4v) is 4.59. The Kier molecular flexibility index (Phi) is 9.15. The molecule has 1 aromatic carbocycles. The third-order valence-corrected chi connectivity index (χ3v) is 6.48. The van der Waals surface area contributed by atoms with Crippen LogP contribution < -0.4 is 20.7 Å². The molecule has 13 heteroatoms. The van der Waals surface area contributed by atoms with E-state index in [4.69, 9.17) is 0 Å². The molecular weight excluding hydrogens is 521 g/mol. The van der Waals surface area contributed by atoms with E-state index in [0.29, 0.717) is 34.4 Å². The van der Waals surface area contributed by atoms with Gasteiger partial charge in [0.2, 0.25) is 5.91 Å². The van der Waals surface area contributed by atoms with Gasteiger partial charge < -0.3 is 20.7 Å². The number of alkyl halides is 3. The van der Waals surface area contributed by atoms with Gasteiger partial charge in [0.1, 0.15) is 16.6 Å². The maximum Gasteiger partial charge on any atom is 0.573 e. The van der Waals surface area contributed by atoms with E-state index in [2.05, 4.69) is 35.6 Å². The Bertz CT molecular complexity index is 1250. The molecule has 38 heavy (non-hydrogen) atoms. The van der Waals surface area contributed by atoms with Gasteiger partial charge in [-0.2, -0.15) is 0 Å². The largest absolute Gasteiger partial charge is 0.573 e. The number of aromatic nitrogens is 2. The summed E-state index contributed by atoms with van der Waals surface area (Å²) in [4.78, 5) is 35.9. The van der Waals surface area contributed by atoms with E-state index in [1.54, 1.807) is 30.6 Å². The average Bonchev–Trinajstić information content (AvgIpc) is 2.89. The first kappa shape index (κ1) is 27.4. The summed E-state index contributed by atoms with van der Waals surface area (Å²) in [5, 5.41) is 9.21. The number of carbonyl (C=O) groups excluding carboxylic acids is 2. The number of hydrogen-bond donors (Lipinski definition) is 3. The highest BCUT2D eigenvalue weighted by atomic mass is 32.2. The van der Waals surface area contributed by atoms with Gasteiger partial charge in [0.05, 0.1) is 12.1 Å². The molecule has 0 aliphatic carbocycles. The van der Waals surface area contributed by atoms with Crippen molar-refractivity contribution in [3.8, 4) is 5.75 Å². The lowest BCUT2D eigenvalue weighted by atomic mass is 10.2. The van der Waals surface area contributed by atoms with Gasteiger partial charge in [-0.3, -0.25) is 14.5 Å². The lowest BCUT2D eigenvalue weighted by molar-refractivity contribution is -0.274. The van der Waals surface area contributed by atoms with Crippen LogP contribution >= 0.6 is 11.8 Å². The summed E-state index contributed by atoms with van der Waals surface area (Å²) in [7, 11) is 0.